The van der Waals surface area contributed by atoms with Gasteiger partial charge >= 0.3 is 0 Å². The lowest BCUT2D eigenvalue weighted by atomic mass is 10.0. The van der Waals surface area contributed by atoms with E-state index in [0.29, 0.717) is 6.42 Å². The van der Waals surface area contributed by atoms with Gasteiger partial charge in [0, 0.05) is 12.1 Å². The Bertz CT molecular complexity index is 431. The lowest BCUT2D eigenvalue weighted by molar-refractivity contribution is 0.0974. The Labute approximate surface area is 130 Å². The second-order valence-corrected chi connectivity index (χ2v) is 6.38. The van der Waals surface area contributed by atoms with Crippen LogP contribution in [-0.4, -0.2) is 10.8 Å². The Balaban J connectivity index is 2.12. The first-order valence-corrected chi connectivity index (χ1v) is 8.76. The second kappa shape index (κ2) is 9.81. The van der Waals surface area contributed by atoms with Crippen LogP contribution >= 0.6 is 0 Å². The number of carbonyl (C=O) groups is 1. The molecule has 1 N–H and O–H groups in total. The maximum absolute atomic E-state index is 12.2. The van der Waals surface area contributed by atoms with Crippen molar-refractivity contribution < 1.29 is 4.79 Å². The molecule has 120 valence electrons. The Kier molecular flexibility index (Phi) is 8.41. The number of rotatable bonds is 11. The minimum absolute atomic E-state index is 0.284. The van der Waals surface area contributed by atoms with Gasteiger partial charge in [-0.25, -0.2) is 0 Å². The zero-order chi connectivity index (χ0) is 15.7. The average Bonchev–Trinajstić information content (AvgIpc) is 2.73. The molecule has 0 aliphatic heterocycles. The summed E-state index contributed by atoms with van der Waals surface area (Å²) in [5, 5.41) is 0. The van der Waals surface area contributed by atoms with Crippen molar-refractivity contribution in [2.75, 3.05) is 0 Å². The summed E-state index contributed by atoms with van der Waals surface area (Å²) in [5.74, 6) is 0.284. The van der Waals surface area contributed by atoms with E-state index in [1.165, 1.54) is 56.9 Å². The molecule has 0 saturated heterocycles. The quantitative estimate of drug-likeness (QED) is 0.391. The third-order valence-corrected chi connectivity index (χ3v) is 4.60. The van der Waals surface area contributed by atoms with Crippen molar-refractivity contribution in [1.82, 2.24) is 4.98 Å². The van der Waals surface area contributed by atoms with Crippen LogP contribution in [0.2, 0.25) is 0 Å². The normalized spacial score (nSPS) is 11.0. The lowest BCUT2D eigenvalue weighted by Gasteiger charge is -2.02. The van der Waals surface area contributed by atoms with Crippen LogP contribution in [0, 0.1) is 20.8 Å². The van der Waals surface area contributed by atoms with Gasteiger partial charge in [-0.2, -0.15) is 0 Å². The van der Waals surface area contributed by atoms with Crippen molar-refractivity contribution in [3.63, 3.8) is 0 Å². The summed E-state index contributed by atoms with van der Waals surface area (Å²) in [6.45, 7) is 8.42. The van der Waals surface area contributed by atoms with Crippen LogP contribution in [0.15, 0.2) is 0 Å². The largest absolute Gasteiger partial charge is 0.356 e. The molecule has 2 heteroatoms. The first-order valence-electron chi connectivity index (χ1n) is 8.76. The number of unbranched alkanes of at least 4 members (excludes halogenated alkanes) is 8. The molecule has 0 aliphatic rings. The smallest absolute Gasteiger partial charge is 0.179 e. The summed E-state index contributed by atoms with van der Waals surface area (Å²) in [6, 6.07) is 0. The molecular formula is C19H33NO. The maximum atomic E-state index is 12.2. The van der Waals surface area contributed by atoms with Crippen molar-refractivity contribution in [3.05, 3.63) is 22.5 Å². The predicted octanol–water partition coefficient (Wildman–Crippen LogP) is 6.04. The molecular weight excluding hydrogens is 258 g/mol. The summed E-state index contributed by atoms with van der Waals surface area (Å²) in [4.78, 5) is 15.5. The van der Waals surface area contributed by atoms with E-state index in [-0.39, 0.29) is 5.78 Å². The second-order valence-electron chi connectivity index (χ2n) is 6.38. The molecule has 0 amide bonds. The van der Waals surface area contributed by atoms with E-state index in [4.69, 9.17) is 0 Å². The molecule has 0 atom stereocenters. The van der Waals surface area contributed by atoms with Crippen LogP contribution in [-0.2, 0) is 0 Å². The number of aromatic nitrogens is 1. The third-order valence-electron chi connectivity index (χ3n) is 4.60. The van der Waals surface area contributed by atoms with Gasteiger partial charge in [0.05, 0.1) is 5.69 Å². The van der Waals surface area contributed by atoms with E-state index < -0.39 is 0 Å². The number of hydrogen-bond donors (Lipinski definition) is 1. The van der Waals surface area contributed by atoms with E-state index >= 15 is 0 Å². The van der Waals surface area contributed by atoms with Crippen molar-refractivity contribution >= 4 is 5.78 Å². The number of aryl methyl sites for hydroxylation is 1. The van der Waals surface area contributed by atoms with E-state index in [2.05, 4.69) is 18.8 Å². The number of Topliss-reactive ketones (excluding diaryl/α,β-unsaturated/α-hetero) is 1. The molecule has 0 fully saturated rings. The lowest BCUT2D eigenvalue weighted by Crippen LogP contribution is -2.01. The molecule has 1 aromatic heterocycles. The van der Waals surface area contributed by atoms with Crippen LogP contribution in [0.4, 0.5) is 0 Å². The fourth-order valence-corrected chi connectivity index (χ4v) is 2.84. The molecule has 2 nitrogen and oxygen atoms in total. The Morgan fingerprint density at radius 2 is 1.33 bits per heavy atom. The molecule has 0 radical (unpaired) electrons. The third kappa shape index (κ3) is 6.07. The van der Waals surface area contributed by atoms with E-state index in [0.717, 1.165) is 23.4 Å². The molecule has 0 aliphatic carbocycles. The van der Waals surface area contributed by atoms with Gasteiger partial charge in [-0.15, -0.1) is 0 Å². The van der Waals surface area contributed by atoms with Crippen LogP contribution < -0.4 is 0 Å². The number of aromatic amines is 1. The summed E-state index contributed by atoms with van der Waals surface area (Å²) in [6.07, 6.45) is 12.4. The highest BCUT2D eigenvalue weighted by atomic mass is 16.1. The Hall–Kier alpha value is -1.05. The van der Waals surface area contributed by atoms with Gasteiger partial charge in [-0.3, -0.25) is 4.79 Å². The minimum Gasteiger partial charge on any atom is -0.356 e. The van der Waals surface area contributed by atoms with Gasteiger partial charge in [0.1, 0.15) is 0 Å². The van der Waals surface area contributed by atoms with Crippen molar-refractivity contribution in [3.8, 4) is 0 Å². The van der Waals surface area contributed by atoms with E-state index in [1.807, 2.05) is 13.8 Å². The molecule has 1 rings (SSSR count). The van der Waals surface area contributed by atoms with Gasteiger partial charge in [-0.1, -0.05) is 58.3 Å². The van der Waals surface area contributed by atoms with Crippen molar-refractivity contribution in [2.45, 2.75) is 91.9 Å². The number of carbonyl (C=O) groups excluding carboxylic acids is 1. The summed E-state index contributed by atoms with van der Waals surface area (Å²) in [5.41, 5.74) is 4.33. The Morgan fingerprint density at radius 3 is 1.81 bits per heavy atom. The van der Waals surface area contributed by atoms with Crippen LogP contribution in [0.1, 0.15) is 98.4 Å². The van der Waals surface area contributed by atoms with Crippen molar-refractivity contribution in [2.24, 2.45) is 0 Å². The standard InChI is InChI=1S/C19H33NO/c1-5-6-7-8-9-10-11-12-13-14-18(21)19-16(3)15(2)17(4)20-19/h20H,5-14H2,1-4H3. The highest BCUT2D eigenvalue weighted by Gasteiger charge is 2.14. The van der Waals surface area contributed by atoms with Crippen LogP contribution in [0.5, 0.6) is 0 Å². The number of ketones is 1. The molecule has 1 heterocycles. The highest BCUT2D eigenvalue weighted by molar-refractivity contribution is 5.96. The van der Waals surface area contributed by atoms with Crippen LogP contribution in [0.3, 0.4) is 0 Å². The number of H-pyrrole nitrogens is 1. The summed E-state index contributed by atoms with van der Waals surface area (Å²) < 4.78 is 0. The maximum Gasteiger partial charge on any atom is 0.179 e. The summed E-state index contributed by atoms with van der Waals surface area (Å²) in [7, 11) is 0. The molecule has 0 bridgehead atoms. The number of hydrogen-bond acceptors (Lipinski definition) is 1. The zero-order valence-electron chi connectivity index (χ0n) is 14.5. The SMILES string of the molecule is CCCCCCCCCCCC(=O)c1[nH]c(C)c(C)c1C. The molecule has 21 heavy (non-hydrogen) atoms. The van der Waals surface area contributed by atoms with Gasteiger partial charge < -0.3 is 4.98 Å². The van der Waals surface area contributed by atoms with Gasteiger partial charge in [-0.05, 0) is 38.3 Å². The zero-order valence-corrected chi connectivity index (χ0v) is 14.5. The monoisotopic (exact) mass is 291 g/mol. The molecule has 0 unspecified atom stereocenters. The van der Waals surface area contributed by atoms with Gasteiger partial charge in [0.15, 0.2) is 5.78 Å². The minimum atomic E-state index is 0.284. The van der Waals surface area contributed by atoms with Gasteiger partial charge in [0.2, 0.25) is 0 Å². The van der Waals surface area contributed by atoms with E-state index in [1.54, 1.807) is 0 Å². The van der Waals surface area contributed by atoms with E-state index in [9.17, 15) is 4.79 Å². The molecule has 0 aromatic carbocycles. The van der Waals surface area contributed by atoms with Gasteiger partial charge in [0.25, 0.3) is 0 Å². The number of nitrogens with one attached hydrogen (secondary N) is 1. The van der Waals surface area contributed by atoms with Crippen LogP contribution in [0.25, 0.3) is 0 Å². The summed E-state index contributed by atoms with van der Waals surface area (Å²) >= 11 is 0. The molecule has 1 aromatic rings. The first kappa shape index (κ1) is 18.0. The van der Waals surface area contributed by atoms with Crippen molar-refractivity contribution in [1.29, 1.82) is 0 Å². The fraction of sp³-hybridized carbons (Fsp3) is 0.737. The average molecular weight is 291 g/mol. The molecule has 0 spiro atoms. The topological polar surface area (TPSA) is 32.9 Å². The fourth-order valence-electron chi connectivity index (χ4n) is 2.84. The Morgan fingerprint density at radius 1 is 0.810 bits per heavy atom. The highest BCUT2D eigenvalue weighted by Crippen LogP contribution is 2.19. The molecule has 0 saturated carbocycles. The predicted molar refractivity (Wildman–Crippen MR) is 91.2 cm³/mol. The first-order chi connectivity index (χ1) is 10.1.